The van der Waals surface area contributed by atoms with Gasteiger partial charge >= 0.3 is 6.09 Å². The molecule has 15 heavy (non-hydrogen) atoms. The molecule has 1 heterocycles. The lowest BCUT2D eigenvalue weighted by Gasteiger charge is -2.27. The molecule has 2 atom stereocenters. The van der Waals surface area contributed by atoms with E-state index in [0.717, 1.165) is 0 Å². The number of rotatable bonds is 1. The van der Waals surface area contributed by atoms with Crippen molar-refractivity contribution in [2.45, 2.75) is 44.9 Å². The first-order chi connectivity index (χ1) is 6.83. The minimum absolute atomic E-state index is 0.143. The van der Waals surface area contributed by atoms with Crippen LogP contribution in [0.25, 0.3) is 0 Å². The van der Waals surface area contributed by atoms with E-state index in [2.05, 4.69) is 0 Å². The molecule has 1 rings (SSSR count). The summed E-state index contributed by atoms with van der Waals surface area (Å²) in [6.45, 7) is 5.44. The fourth-order valence-corrected chi connectivity index (χ4v) is 1.61. The second kappa shape index (κ2) is 4.37. The Morgan fingerprint density at radius 2 is 2.13 bits per heavy atom. The molecule has 0 aromatic rings. The van der Waals surface area contributed by atoms with Crippen LogP contribution in [-0.2, 0) is 4.74 Å². The number of nitrogens with zero attached hydrogens (tertiary/aromatic N) is 1. The largest absolute Gasteiger partial charge is 0.444 e. The Balaban J connectivity index is 2.59. The van der Waals surface area contributed by atoms with Gasteiger partial charge in [0.2, 0.25) is 0 Å². The van der Waals surface area contributed by atoms with Gasteiger partial charge in [0.25, 0.3) is 0 Å². The number of ether oxygens (including phenoxy) is 1. The molecule has 0 bridgehead atoms. The van der Waals surface area contributed by atoms with E-state index in [4.69, 9.17) is 9.84 Å². The molecule has 1 amide bonds. The van der Waals surface area contributed by atoms with Crippen molar-refractivity contribution in [3.63, 3.8) is 0 Å². The van der Waals surface area contributed by atoms with Gasteiger partial charge in [-0.2, -0.15) is 0 Å². The van der Waals surface area contributed by atoms with Crippen LogP contribution in [0.4, 0.5) is 4.79 Å². The predicted molar refractivity (Wildman–Crippen MR) is 54.4 cm³/mol. The number of aliphatic hydroxyl groups excluding tert-OH is 2. The average molecular weight is 217 g/mol. The molecule has 5 heteroatoms. The highest BCUT2D eigenvalue weighted by atomic mass is 16.6. The third-order valence-corrected chi connectivity index (χ3v) is 2.23. The molecular weight excluding hydrogens is 198 g/mol. The summed E-state index contributed by atoms with van der Waals surface area (Å²) < 4.78 is 5.17. The number of aliphatic hydroxyl groups is 2. The predicted octanol–water partition coefficient (Wildman–Crippen LogP) is 0.349. The van der Waals surface area contributed by atoms with Crippen molar-refractivity contribution in [1.29, 1.82) is 0 Å². The summed E-state index contributed by atoms with van der Waals surface area (Å²) in [6.07, 6.45) is -0.622. The van der Waals surface area contributed by atoms with Crippen LogP contribution in [0, 0.1) is 0 Å². The highest BCUT2D eigenvalue weighted by Crippen LogP contribution is 2.20. The van der Waals surface area contributed by atoms with Crippen molar-refractivity contribution >= 4 is 6.09 Å². The van der Waals surface area contributed by atoms with Gasteiger partial charge in [0.05, 0.1) is 25.3 Å². The zero-order chi connectivity index (χ0) is 11.6. The summed E-state index contributed by atoms with van der Waals surface area (Å²) in [5.74, 6) is 0. The second-order valence-corrected chi connectivity index (χ2v) is 4.86. The first-order valence-corrected chi connectivity index (χ1v) is 5.12. The number of hydrogen-bond donors (Lipinski definition) is 2. The molecule has 0 radical (unpaired) electrons. The van der Waals surface area contributed by atoms with E-state index in [1.807, 2.05) is 0 Å². The van der Waals surface area contributed by atoms with E-state index in [0.29, 0.717) is 6.42 Å². The standard InChI is InChI=1S/C10H19NO4/c1-10(2,3)15-9(14)11-5-8(13)4-7(11)6-12/h7-8,12-13H,4-6H2,1-3H3/t7?,8-/m1/s1. The van der Waals surface area contributed by atoms with Crippen LogP contribution in [0.2, 0.25) is 0 Å². The van der Waals surface area contributed by atoms with Gasteiger partial charge in [-0.15, -0.1) is 0 Å². The van der Waals surface area contributed by atoms with Crippen LogP contribution in [-0.4, -0.2) is 52.1 Å². The van der Waals surface area contributed by atoms with Crippen molar-refractivity contribution in [2.75, 3.05) is 13.2 Å². The fraction of sp³-hybridized carbons (Fsp3) is 0.900. The quantitative estimate of drug-likeness (QED) is 0.665. The number of carbonyl (C=O) groups is 1. The van der Waals surface area contributed by atoms with Gasteiger partial charge in [-0.1, -0.05) is 0 Å². The third kappa shape index (κ3) is 3.35. The molecule has 0 aliphatic carbocycles. The Hall–Kier alpha value is -0.810. The molecule has 0 aromatic heterocycles. The van der Waals surface area contributed by atoms with Gasteiger partial charge in [0.1, 0.15) is 5.60 Å². The van der Waals surface area contributed by atoms with Gasteiger partial charge < -0.3 is 19.8 Å². The summed E-state index contributed by atoms with van der Waals surface area (Å²) in [6, 6.07) is -0.324. The Kier molecular flexibility index (Phi) is 3.57. The molecule has 0 spiro atoms. The van der Waals surface area contributed by atoms with Crippen LogP contribution in [0.15, 0.2) is 0 Å². The molecule has 1 aliphatic rings. The minimum Gasteiger partial charge on any atom is -0.444 e. The molecule has 88 valence electrons. The van der Waals surface area contributed by atoms with E-state index < -0.39 is 17.8 Å². The zero-order valence-electron chi connectivity index (χ0n) is 9.43. The molecule has 1 unspecified atom stereocenters. The van der Waals surface area contributed by atoms with Crippen LogP contribution >= 0.6 is 0 Å². The minimum atomic E-state index is -0.560. The molecule has 0 saturated carbocycles. The second-order valence-electron chi connectivity index (χ2n) is 4.86. The maximum Gasteiger partial charge on any atom is 0.410 e. The first-order valence-electron chi connectivity index (χ1n) is 5.12. The molecule has 5 nitrogen and oxygen atoms in total. The van der Waals surface area contributed by atoms with Crippen LogP contribution in [0.3, 0.4) is 0 Å². The van der Waals surface area contributed by atoms with Gasteiger partial charge in [-0.25, -0.2) is 4.79 Å². The van der Waals surface area contributed by atoms with Crippen molar-refractivity contribution in [1.82, 2.24) is 4.90 Å². The summed E-state index contributed by atoms with van der Waals surface area (Å²) in [5.41, 5.74) is -0.551. The lowest BCUT2D eigenvalue weighted by molar-refractivity contribution is 0.0162. The van der Waals surface area contributed by atoms with E-state index in [-0.39, 0.29) is 19.2 Å². The number of β-amino-alcohol motifs (C(OH)–C–C–N with tert-alkyl or cyclic N) is 1. The van der Waals surface area contributed by atoms with Gasteiger partial charge in [-0.3, -0.25) is 0 Å². The summed E-state index contributed by atoms with van der Waals surface area (Å²) >= 11 is 0. The highest BCUT2D eigenvalue weighted by Gasteiger charge is 2.36. The molecule has 1 saturated heterocycles. The number of carbonyl (C=O) groups excluding carboxylic acids is 1. The fourth-order valence-electron chi connectivity index (χ4n) is 1.61. The van der Waals surface area contributed by atoms with Crippen molar-refractivity contribution in [3.05, 3.63) is 0 Å². The summed E-state index contributed by atoms with van der Waals surface area (Å²) in [4.78, 5) is 13.0. The molecule has 1 aliphatic heterocycles. The van der Waals surface area contributed by atoms with E-state index in [1.165, 1.54) is 4.90 Å². The van der Waals surface area contributed by atoms with Crippen molar-refractivity contribution < 1.29 is 19.7 Å². The highest BCUT2D eigenvalue weighted by molar-refractivity contribution is 5.69. The average Bonchev–Trinajstić information content (AvgIpc) is 2.43. The van der Waals surface area contributed by atoms with Crippen molar-refractivity contribution in [3.8, 4) is 0 Å². The zero-order valence-corrected chi connectivity index (χ0v) is 9.43. The van der Waals surface area contributed by atoms with Gasteiger partial charge in [-0.05, 0) is 27.2 Å². The van der Waals surface area contributed by atoms with Gasteiger partial charge in [0, 0.05) is 0 Å². The van der Waals surface area contributed by atoms with E-state index in [9.17, 15) is 9.90 Å². The first kappa shape index (κ1) is 12.3. The van der Waals surface area contributed by atoms with Crippen LogP contribution < -0.4 is 0 Å². The number of hydrogen-bond acceptors (Lipinski definition) is 4. The summed E-state index contributed by atoms with van der Waals surface area (Å²) in [7, 11) is 0. The van der Waals surface area contributed by atoms with Crippen molar-refractivity contribution in [2.24, 2.45) is 0 Å². The molecule has 2 N–H and O–H groups in total. The van der Waals surface area contributed by atoms with E-state index >= 15 is 0 Å². The number of likely N-dealkylation sites (tertiary alicyclic amines) is 1. The third-order valence-electron chi connectivity index (χ3n) is 2.23. The molecule has 1 fully saturated rings. The maximum atomic E-state index is 11.7. The maximum absolute atomic E-state index is 11.7. The van der Waals surface area contributed by atoms with Crippen LogP contribution in [0.1, 0.15) is 27.2 Å². The Labute approximate surface area is 89.6 Å². The summed E-state index contributed by atoms with van der Waals surface area (Å²) in [5, 5.41) is 18.4. The van der Waals surface area contributed by atoms with E-state index in [1.54, 1.807) is 20.8 Å². The lowest BCUT2D eigenvalue weighted by Crippen LogP contribution is -2.41. The lowest BCUT2D eigenvalue weighted by atomic mass is 10.2. The van der Waals surface area contributed by atoms with Gasteiger partial charge in [0.15, 0.2) is 0 Å². The topological polar surface area (TPSA) is 70.0 Å². The Morgan fingerprint density at radius 1 is 1.53 bits per heavy atom. The Morgan fingerprint density at radius 3 is 2.60 bits per heavy atom. The SMILES string of the molecule is CC(C)(C)OC(=O)N1C[C@H](O)CC1CO. The number of amides is 1. The molecular formula is C10H19NO4. The molecule has 0 aromatic carbocycles. The monoisotopic (exact) mass is 217 g/mol. The normalized spacial score (nSPS) is 26.9. The Bertz CT molecular complexity index is 236. The smallest absolute Gasteiger partial charge is 0.410 e. The van der Waals surface area contributed by atoms with Crippen LogP contribution in [0.5, 0.6) is 0 Å².